The van der Waals surface area contributed by atoms with Crippen LogP contribution in [0.25, 0.3) is 0 Å². The lowest BCUT2D eigenvalue weighted by molar-refractivity contribution is -0.130. The van der Waals surface area contributed by atoms with Crippen LogP contribution in [-0.4, -0.2) is 85.6 Å². The summed E-state index contributed by atoms with van der Waals surface area (Å²) < 4.78 is 5.11. The fraction of sp³-hybridized carbons (Fsp3) is 0.700. The Morgan fingerprint density at radius 2 is 1.96 bits per heavy atom. The van der Waals surface area contributed by atoms with E-state index in [2.05, 4.69) is 0 Å². The summed E-state index contributed by atoms with van der Waals surface area (Å²) in [6.07, 6.45) is 2.23. The van der Waals surface area contributed by atoms with Gasteiger partial charge in [-0.1, -0.05) is 0 Å². The minimum Gasteiger partial charge on any atom is -0.383 e. The van der Waals surface area contributed by atoms with Crippen molar-refractivity contribution in [2.45, 2.75) is 38.0 Å². The number of aromatic nitrogens is 2. The zero-order valence-electron chi connectivity index (χ0n) is 17.3. The third-order valence-corrected chi connectivity index (χ3v) is 5.71. The van der Waals surface area contributed by atoms with Gasteiger partial charge < -0.3 is 19.4 Å². The first-order valence-electron chi connectivity index (χ1n) is 9.97. The number of hydrogen-bond donors (Lipinski definition) is 0. The highest BCUT2D eigenvalue weighted by molar-refractivity contribution is 5.79. The van der Waals surface area contributed by atoms with Crippen LogP contribution >= 0.6 is 0 Å². The molecule has 2 amide bonds. The van der Waals surface area contributed by atoms with Crippen molar-refractivity contribution in [2.75, 3.05) is 58.9 Å². The zero-order valence-corrected chi connectivity index (χ0v) is 17.3. The molecule has 2 aliphatic rings. The second-order valence-electron chi connectivity index (χ2n) is 7.92. The summed E-state index contributed by atoms with van der Waals surface area (Å²) in [5, 5.41) is 0. The molecule has 0 aliphatic carbocycles. The molecule has 3 heterocycles. The van der Waals surface area contributed by atoms with Crippen LogP contribution in [0.2, 0.25) is 0 Å². The predicted molar refractivity (Wildman–Crippen MR) is 106 cm³/mol. The van der Waals surface area contributed by atoms with Crippen molar-refractivity contribution in [3.63, 3.8) is 0 Å². The molecular weight excluding hydrogens is 358 g/mol. The standard InChI is InChI=1S/C20H31N5O3/c1-14(26)24-7-5-15(6-8-24)20-21-17(12-18(22-20)23(2)3)16-11-19(27)25(13-16)9-10-28-4/h12,15-16H,5-11,13H2,1-4H3. The summed E-state index contributed by atoms with van der Waals surface area (Å²) in [6.45, 7) is 4.95. The maximum absolute atomic E-state index is 12.3. The molecule has 154 valence electrons. The Hall–Kier alpha value is -2.22. The Kier molecular flexibility index (Phi) is 6.49. The van der Waals surface area contributed by atoms with Crippen LogP contribution < -0.4 is 4.90 Å². The van der Waals surface area contributed by atoms with Gasteiger partial charge in [0.1, 0.15) is 11.6 Å². The first-order valence-corrected chi connectivity index (χ1v) is 9.97. The molecule has 2 aliphatic heterocycles. The molecule has 0 bridgehead atoms. The lowest BCUT2D eigenvalue weighted by Gasteiger charge is -2.31. The Bertz CT molecular complexity index is 716. The Labute approximate surface area is 166 Å². The average molecular weight is 390 g/mol. The molecule has 8 heteroatoms. The van der Waals surface area contributed by atoms with Crippen molar-refractivity contribution in [2.24, 2.45) is 0 Å². The number of carbonyl (C=O) groups is 2. The number of rotatable bonds is 6. The zero-order chi connectivity index (χ0) is 20.3. The van der Waals surface area contributed by atoms with Gasteiger partial charge in [0.2, 0.25) is 11.8 Å². The minimum absolute atomic E-state index is 0.0853. The highest BCUT2D eigenvalue weighted by Gasteiger charge is 2.33. The van der Waals surface area contributed by atoms with Crippen LogP contribution in [0.3, 0.4) is 0 Å². The molecule has 0 N–H and O–H groups in total. The van der Waals surface area contributed by atoms with Gasteiger partial charge in [-0.2, -0.15) is 0 Å². The highest BCUT2D eigenvalue weighted by Crippen LogP contribution is 2.32. The third-order valence-electron chi connectivity index (χ3n) is 5.71. The second-order valence-corrected chi connectivity index (χ2v) is 7.92. The molecule has 0 radical (unpaired) electrons. The van der Waals surface area contributed by atoms with E-state index in [-0.39, 0.29) is 23.7 Å². The normalized spacial score (nSPS) is 20.7. The molecule has 1 aromatic rings. The van der Waals surface area contributed by atoms with Crippen molar-refractivity contribution in [3.8, 4) is 0 Å². The summed E-state index contributed by atoms with van der Waals surface area (Å²) in [7, 11) is 5.59. The average Bonchev–Trinajstić information content (AvgIpc) is 3.06. The lowest BCUT2D eigenvalue weighted by atomic mass is 9.95. The smallest absolute Gasteiger partial charge is 0.223 e. The molecule has 1 unspecified atom stereocenters. The molecule has 2 fully saturated rings. The first-order chi connectivity index (χ1) is 13.4. The molecule has 1 atom stereocenters. The van der Waals surface area contributed by atoms with E-state index in [1.807, 2.05) is 34.9 Å². The molecule has 28 heavy (non-hydrogen) atoms. The number of anilines is 1. The molecule has 3 rings (SSSR count). The maximum Gasteiger partial charge on any atom is 0.223 e. The number of carbonyl (C=O) groups excluding carboxylic acids is 2. The molecule has 2 saturated heterocycles. The van der Waals surface area contributed by atoms with Crippen LogP contribution in [-0.2, 0) is 14.3 Å². The summed E-state index contributed by atoms with van der Waals surface area (Å²) >= 11 is 0. The van der Waals surface area contributed by atoms with E-state index in [1.54, 1.807) is 14.0 Å². The molecule has 0 saturated carbocycles. The first kappa shape index (κ1) is 20.5. The van der Waals surface area contributed by atoms with Gasteiger partial charge in [0.05, 0.1) is 12.3 Å². The van der Waals surface area contributed by atoms with Gasteiger partial charge in [0.25, 0.3) is 0 Å². The van der Waals surface area contributed by atoms with Crippen LogP contribution in [0.1, 0.15) is 49.5 Å². The Morgan fingerprint density at radius 1 is 1.25 bits per heavy atom. The van der Waals surface area contributed by atoms with Crippen LogP contribution in [0, 0.1) is 0 Å². The Morgan fingerprint density at radius 3 is 2.57 bits per heavy atom. The highest BCUT2D eigenvalue weighted by atomic mass is 16.5. The van der Waals surface area contributed by atoms with Crippen molar-refractivity contribution >= 4 is 17.6 Å². The minimum atomic E-state index is 0.0853. The number of amides is 2. The largest absolute Gasteiger partial charge is 0.383 e. The number of piperidine rings is 1. The number of hydrogen-bond acceptors (Lipinski definition) is 6. The van der Waals surface area contributed by atoms with Gasteiger partial charge >= 0.3 is 0 Å². The second kappa shape index (κ2) is 8.86. The van der Waals surface area contributed by atoms with Gasteiger partial charge in [-0.05, 0) is 12.8 Å². The quantitative estimate of drug-likeness (QED) is 0.728. The fourth-order valence-corrected chi connectivity index (χ4v) is 3.93. The Balaban J connectivity index is 1.79. The van der Waals surface area contributed by atoms with Crippen molar-refractivity contribution in [1.29, 1.82) is 0 Å². The summed E-state index contributed by atoms with van der Waals surface area (Å²) in [4.78, 5) is 39.3. The predicted octanol–water partition coefficient (Wildman–Crippen LogP) is 1.23. The van der Waals surface area contributed by atoms with Crippen LogP contribution in [0.15, 0.2) is 6.07 Å². The number of methoxy groups -OCH3 is 1. The van der Waals surface area contributed by atoms with Crippen molar-refractivity contribution in [1.82, 2.24) is 19.8 Å². The van der Waals surface area contributed by atoms with Crippen molar-refractivity contribution < 1.29 is 14.3 Å². The number of ether oxygens (including phenoxy) is 1. The lowest BCUT2D eigenvalue weighted by Crippen LogP contribution is -2.36. The number of nitrogens with zero attached hydrogens (tertiary/aromatic N) is 5. The van der Waals surface area contributed by atoms with Crippen LogP contribution in [0.5, 0.6) is 0 Å². The van der Waals surface area contributed by atoms with Gasteiger partial charge in [-0.25, -0.2) is 9.97 Å². The van der Waals surface area contributed by atoms with E-state index in [0.29, 0.717) is 26.1 Å². The van der Waals surface area contributed by atoms with E-state index in [9.17, 15) is 9.59 Å². The molecule has 8 nitrogen and oxygen atoms in total. The topological polar surface area (TPSA) is 78.9 Å². The molecule has 0 aromatic carbocycles. The van der Waals surface area contributed by atoms with E-state index >= 15 is 0 Å². The van der Waals surface area contributed by atoms with Gasteiger partial charge in [0, 0.05) is 78.6 Å². The van der Waals surface area contributed by atoms with Gasteiger partial charge in [-0.3, -0.25) is 9.59 Å². The number of likely N-dealkylation sites (tertiary alicyclic amines) is 2. The van der Waals surface area contributed by atoms with E-state index in [0.717, 1.165) is 43.3 Å². The van der Waals surface area contributed by atoms with E-state index in [1.165, 1.54) is 0 Å². The molecule has 0 spiro atoms. The molecule has 1 aromatic heterocycles. The van der Waals surface area contributed by atoms with Crippen LogP contribution in [0.4, 0.5) is 5.82 Å². The summed E-state index contributed by atoms with van der Waals surface area (Å²) in [6, 6.07) is 2.01. The monoisotopic (exact) mass is 389 g/mol. The SMILES string of the molecule is COCCN1CC(c2cc(N(C)C)nc(C3CCN(C(C)=O)CC3)n2)CC1=O. The fourth-order valence-electron chi connectivity index (χ4n) is 3.93. The summed E-state index contributed by atoms with van der Waals surface area (Å²) in [5.41, 5.74) is 0.941. The van der Waals surface area contributed by atoms with Gasteiger partial charge in [0.15, 0.2) is 0 Å². The third kappa shape index (κ3) is 4.60. The van der Waals surface area contributed by atoms with E-state index < -0.39 is 0 Å². The van der Waals surface area contributed by atoms with E-state index in [4.69, 9.17) is 14.7 Å². The van der Waals surface area contributed by atoms with Gasteiger partial charge in [-0.15, -0.1) is 0 Å². The molecular formula is C20H31N5O3. The van der Waals surface area contributed by atoms with Crippen molar-refractivity contribution in [3.05, 3.63) is 17.6 Å². The summed E-state index contributed by atoms with van der Waals surface area (Å²) in [5.74, 6) is 2.33. The maximum atomic E-state index is 12.3.